The molecule has 3 rings (SSSR count). The summed E-state index contributed by atoms with van der Waals surface area (Å²) in [5.41, 5.74) is 2.63. The molecule has 6 nitrogen and oxygen atoms in total. The van der Waals surface area contributed by atoms with Crippen LogP contribution in [-0.4, -0.2) is 36.0 Å². The van der Waals surface area contributed by atoms with Gasteiger partial charge in [0.15, 0.2) is 0 Å². The number of thioether (sulfide) groups is 1. The van der Waals surface area contributed by atoms with Crippen LogP contribution in [0.25, 0.3) is 0 Å². The molecule has 0 aliphatic carbocycles. The van der Waals surface area contributed by atoms with Crippen molar-refractivity contribution in [2.24, 2.45) is 0 Å². The lowest BCUT2D eigenvalue weighted by molar-refractivity contribution is 0.102. The molecule has 27 heavy (non-hydrogen) atoms. The van der Waals surface area contributed by atoms with E-state index in [1.807, 2.05) is 43.3 Å². The van der Waals surface area contributed by atoms with Gasteiger partial charge >= 0.3 is 6.01 Å². The zero-order valence-corrected chi connectivity index (χ0v) is 16.4. The molecule has 0 saturated carbocycles. The van der Waals surface area contributed by atoms with Crippen LogP contribution in [0, 0.1) is 0 Å². The van der Waals surface area contributed by atoms with E-state index in [-0.39, 0.29) is 11.9 Å². The van der Waals surface area contributed by atoms with Gasteiger partial charge in [0, 0.05) is 30.2 Å². The first-order chi connectivity index (χ1) is 13.0. The Kier molecular flexibility index (Phi) is 6.13. The van der Waals surface area contributed by atoms with Gasteiger partial charge in [0.05, 0.1) is 6.42 Å². The maximum atomic E-state index is 12.3. The van der Waals surface area contributed by atoms with Gasteiger partial charge in [-0.2, -0.15) is 0 Å². The predicted molar refractivity (Wildman–Crippen MR) is 109 cm³/mol. The topological polar surface area (TPSA) is 71.3 Å². The maximum Gasteiger partial charge on any atom is 0.322 e. The molecule has 0 spiro atoms. The summed E-state index contributed by atoms with van der Waals surface area (Å²) in [7, 11) is 3.90. The van der Waals surface area contributed by atoms with Crippen LogP contribution < -0.4 is 10.2 Å². The number of aromatic nitrogens is 2. The molecule has 0 saturated heterocycles. The van der Waals surface area contributed by atoms with E-state index >= 15 is 0 Å². The minimum absolute atomic E-state index is 0.102. The summed E-state index contributed by atoms with van der Waals surface area (Å²) >= 11 is 1.80. The largest absolute Gasteiger partial charge is 0.407 e. The molecule has 0 atom stereocenters. The van der Waals surface area contributed by atoms with Gasteiger partial charge < -0.3 is 9.32 Å². The quantitative estimate of drug-likeness (QED) is 0.621. The van der Waals surface area contributed by atoms with Crippen LogP contribution in [0.5, 0.6) is 0 Å². The molecular weight excluding hydrogens is 360 g/mol. The van der Waals surface area contributed by atoms with Gasteiger partial charge in [0.1, 0.15) is 0 Å². The first-order valence-corrected chi connectivity index (χ1v) is 9.66. The molecule has 0 aliphatic rings. The number of amides is 1. The van der Waals surface area contributed by atoms with E-state index in [0.29, 0.717) is 17.9 Å². The molecule has 0 fully saturated rings. The van der Waals surface area contributed by atoms with Crippen molar-refractivity contribution < 1.29 is 9.21 Å². The number of nitrogens with one attached hydrogen (secondary N) is 1. The van der Waals surface area contributed by atoms with Crippen LogP contribution in [0.4, 0.5) is 11.7 Å². The predicted octanol–water partition coefficient (Wildman–Crippen LogP) is 4.09. The van der Waals surface area contributed by atoms with Gasteiger partial charge in [-0.3, -0.25) is 10.1 Å². The van der Waals surface area contributed by atoms with Gasteiger partial charge in [0.2, 0.25) is 5.89 Å². The first kappa shape index (κ1) is 19.0. The smallest absolute Gasteiger partial charge is 0.322 e. The second-order valence-corrected chi connectivity index (χ2v) is 7.49. The average Bonchev–Trinajstić information content (AvgIpc) is 3.10. The number of hydrogen-bond acceptors (Lipinski definition) is 6. The fourth-order valence-corrected chi connectivity index (χ4v) is 3.16. The van der Waals surface area contributed by atoms with Crippen LogP contribution in [0.15, 0.2) is 57.8 Å². The van der Waals surface area contributed by atoms with Crippen molar-refractivity contribution in [3.8, 4) is 0 Å². The molecule has 7 heteroatoms. The minimum Gasteiger partial charge on any atom is -0.407 e. The molecule has 1 amide bonds. The molecule has 0 radical (unpaired) electrons. The highest BCUT2D eigenvalue weighted by Crippen LogP contribution is 2.19. The van der Waals surface area contributed by atoms with Crippen molar-refractivity contribution in [2.45, 2.75) is 18.2 Å². The van der Waals surface area contributed by atoms with E-state index in [4.69, 9.17) is 4.42 Å². The molecule has 3 aromatic rings. The van der Waals surface area contributed by atoms with E-state index in [1.165, 1.54) is 4.90 Å². The van der Waals surface area contributed by atoms with E-state index < -0.39 is 0 Å². The Hall–Kier alpha value is -2.80. The fourth-order valence-electron chi connectivity index (χ4n) is 2.50. The van der Waals surface area contributed by atoms with Crippen molar-refractivity contribution >= 4 is 29.4 Å². The number of carbonyl (C=O) groups is 1. The summed E-state index contributed by atoms with van der Waals surface area (Å²) in [5.74, 6) is 1.23. The van der Waals surface area contributed by atoms with Crippen molar-refractivity contribution in [2.75, 3.05) is 30.1 Å². The second kappa shape index (κ2) is 8.73. The Morgan fingerprint density at radius 2 is 1.78 bits per heavy atom. The Balaban J connectivity index is 1.60. The standard InChI is InChI=1S/C20H22N4O2S/c1-4-27-17-11-5-14(6-12-17)13-18-22-23-20(26-18)21-19(25)15-7-9-16(10-8-15)24(2)3/h5-12H,4,13H2,1-3H3,(H,21,23,25). The highest BCUT2D eigenvalue weighted by Gasteiger charge is 2.12. The summed E-state index contributed by atoms with van der Waals surface area (Å²) in [6, 6.07) is 15.7. The number of carbonyl (C=O) groups excluding carboxylic acids is 1. The van der Waals surface area contributed by atoms with Crippen molar-refractivity contribution in [1.29, 1.82) is 0 Å². The molecule has 1 N–H and O–H groups in total. The monoisotopic (exact) mass is 382 g/mol. The average molecular weight is 382 g/mol. The van der Waals surface area contributed by atoms with Crippen LogP contribution >= 0.6 is 11.8 Å². The fraction of sp³-hybridized carbons (Fsp3) is 0.250. The van der Waals surface area contributed by atoms with E-state index in [9.17, 15) is 4.79 Å². The molecular formula is C20H22N4O2S. The maximum absolute atomic E-state index is 12.3. The Morgan fingerprint density at radius 1 is 1.07 bits per heavy atom. The molecule has 0 unspecified atom stereocenters. The van der Waals surface area contributed by atoms with E-state index in [0.717, 1.165) is 17.0 Å². The number of rotatable bonds is 7. The lowest BCUT2D eigenvalue weighted by atomic mass is 10.1. The van der Waals surface area contributed by atoms with Crippen LogP contribution in [0.2, 0.25) is 0 Å². The zero-order chi connectivity index (χ0) is 19.2. The van der Waals surface area contributed by atoms with Crippen molar-refractivity contribution in [1.82, 2.24) is 10.2 Å². The first-order valence-electron chi connectivity index (χ1n) is 8.68. The summed E-state index contributed by atoms with van der Waals surface area (Å²) < 4.78 is 5.55. The highest BCUT2D eigenvalue weighted by atomic mass is 32.2. The number of hydrogen-bond donors (Lipinski definition) is 1. The van der Waals surface area contributed by atoms with E-state index in [1.54, 1.807) is 23.9 Å². The SMILES string of the molecule is CCSc1ccc(Cc2nnc(NC(=O)c3ccc(N(C)C)cc3)o2)cc1. The van der Waals surface area contributed by atoms with Crippen LogP contribution in [-0.2, 0) is 6.42 Å². The third kappa shape index (κ3) is 5.10. The van der Waals surface area contributed by atoms with Crippen LogP contribution in [0.3, 0.4) is 0 Å². The molecule has 1 aromatic heterocycles. The van der Waals surface area contributed by atoms with E-state index in [2.05, 4.69) is 34.6 Å². The Labute approximate surface area is 163 Å². The van der Waals surface area contributed by atoms with Gasteiger partial charge in [-0.15, -0.1) is 16.9 Å². The summed E-state index contributed by atoms with van der Waals surface area (Å²) in [5, 5.41) is 10.6. The van der Waals surface area contributed by atoms with Gasteiger partial charge in [0.25, 0.3) is 5.91 Å². The summed E-state index contributed by atoms with van der Waals surface area (Å²) in [4.78, 5) is 15.5. The van der Waals surface area contributed by atoms with Gasteiger partial charge in [-0.1, -0.05) is 24.2 Å². The number of nitrogens with zero attached hydrogens (tertiary/aromatic N) is 3. The molecule has 0 bridgehead atoms. The van der Waals surface area contributed by atoms with Gasteiger partial charge in [-0.25, -0.2) is 0 Å². The lowest BCUT2D eigenvalue weighted by Gasteiger charge is -2.12. The molecule has 140 valence electrons. The highest BCUT2D eigenvalue weighted by molar-refractivity contribution is 7.99. The zero-order valence-electron chi connectivity index (χ0n) is 15.6. The second-order valence-electron chi connectivity index (χ2n) is 6.15. The third-order valence-electron chi connectivity index (χ3n) is 3.92. The van der Waals surface area contributed by atoms with Crippen molar-refractivity contribution in [3.63, 3.8) is 0 Å². The number of benzene rings is 2. The summed E-state index contributed by atoms with van der Waals surface area (Å²) in [6.45, 7) is 2.13. The Morgan fingerprint density at radius 3 is 2.41 bits per heavy atom. The number of anilines is 2. The van der Waals surface area contributed by atoms with Crippen molar-refractivity contribution in [3.05, 3.63) is 65.5 Å². The Bertz CT molecular complexity index is 889. The normalized spacial score (nSPS) is 10.6. The lowest BCUT2D eigenvalue weighted by Crippen LogP contribution is -2.13. The van der Waals surface area contributed by atoms with Crippen LogP contribution in [0.1, 0.15) is 28.7 Å². The minimum atomic E-state index is -0.281. The molecule has 0 aliphatic heterocycles. The molecule has 1 heterocycles. The third-order valence-corrected chi connectivity index (χ3v) is 4.82. The molecule has 2 aromatic carbocycles. The summed E-state index contributed by atoms with van der Waals surface area (Å²) in [6.07, 6.45) is 0.525. The van der Waals surface area contributed by atoms with Gasteiger partial charge in [-0.05, 0) is 47.7 Å².